The number of ether oxygens (including phenoxy) is 2. The molecule has 0 amide bonds. The van der Waals surface area contributed by atoms with Crippen LogP contribution < -0.4 is 4.72 Å². The number of rotatable bonds is 5. The summed E-state index contributed by atoms with van der Waals surface area (Å²) in [6.45, 7) is 5.58. The maximum atomic E-state index is 12.2. The molecule has 1 aliphatic heterocycles. The summed E-state index contributed by atoms with van der Waals surface area (Å²) in [4.78, 5) is 11.7. The first-order chi connectivity index (χ1) is 8.31. The zero-order valence-corrected chi connectivity index (χ0v) is 11.9. The number of carbonyl (C=O) groups is 1. The predicted molar refractivity (Wildman–Crippen MR) is 66.6 cm³/mol. The highest BCUT2D eigenvalue weighted by molar-refractivity contribution is 7.91. The zero-order valence-electron chi connectivity index (χ0n) is 11.1. The number of esters is 1. The largest absolute Gasteiger partial charge is 0.465 e. The van der Waals surface area contributed by atoms with Gasteiger partial charge in [0.2, 0.25) is 10.0 Å². The second-order valence-corrected chi connectivity index (χ2v) is 7.00. The van der Waals surface area contributed by atoms with Gasteiger partial charge in [-0.15, -0.1) is 0 Å². The molecule has 6 nitrogen and oxygen atoms in total. The average Bonchev–Trinajstić information content (AvgIpc) is 2.29. The van der Waals surface area contributed by atoms with Crippen molar-refractivity contribution in [2.45, 2.75) is 44.4 Å². The van der Waals surface area contributed by atoms with Gasteiger partial charge in [0.05, 0.1) is 6.61 Å². The lowest BCUT2D eigenvalue weighted by atomic mass is 10.1. The van der Waals surface area contributed by atoms with Gasteiger partial charge in [-0.3, -0.25) is 4.79 Å². The van der Waals surface area contributed by atoms with E-state index in [0.717, 1.165) is 0 Å². The number of nitrogens with one attached hydrogen (secondary N) is 1. The van der Waals surface area contributed by atoms with Crippen LogP contribution in [0.2, 0.25) is 0 Å². The van der Waals surface area contributed by atoms with Crippen LogP contribution in [0.4, 0.5) is 0 Å². The van der Waals surface area contributed by atoms with E-state index >= 15 is 0 Å². The molecule has 1 saturated heterocycles. The van der Waals surface area contributed by atoms with Crippen molar-refractivity contribution in [1.29, 1.82) is 0 Å². The SMILES string of the molecule is CCOC(=O)C(C)(C)S(=O)(=O)NC1CCOCC1. The van der Waals surface area contributed by atoms with Gasteiger partial charge in [0.25, 0.3) is 0 Å². The first kappa shape index (κ1) is 15.4. The highest BCUT2D eigenvalue weighted by Crippen LogP contribution is 2.19. The fourth-order valence-electron chi connectivity index (χ4n) is 1.60. The molecule has 0 aliphatic carbocycles. The summed E-state index contributed by atoms with van der Waals surface area (Å²) in [6.07, 6.45) is 1.25. The minimum absolute atomic E-state index is 0.162. The lowest BCUT2D eigenvalue weighted by Crippen LogP contribution is -2.52. The smallest absolute Gasteiger partial charge is 0.328 e. The second kappa shape index (κ2) is 5.99. The van der Waals surface area contributed by atoms with Crippen LogP contribution in [0.5, 0.6) is 0 Å². The molecule has 1 rings (SSSR count). The second-order valence-electron chi connectivity index (χ2n) is 4.74. The fourth-order valence-corrected chi connectivity index (χ4v) is 2.84. The number of hydrogen-bond donors (Lipinski definition) is 1. The summed E-state index contributed by atoms with van der Waals surface area (Å²) in [7, 11) is -3.76. The van der Waals surface area contributed by atoms with E-state index in [9.17, 15) is 13.2 Å². The Kier molecular flexibility index (Phi) is 5.12. The molecule has 0 atom stereocenters. The molecule has 1 fully saturated rings. The van der Waals surface area contributed by atoms with Gasteiger partial charge in [-0.1, -0.05) is 0 Å². The molecule has 7 heteroatoms. The van der Waals surface area contributed by atoms with E-state index < -0.39 is 20.7 Å². The van der Waals surface area contributed by atoms with Gasteiger partial charge in [0.1, 0.15) is 0 Å². The fraction of sp³-hybridized carbons (Fsp3) is 0.909. The summed E-state index contributed by atoms with van der Waals surface area (Å²) in [5.41, 5.74) is 0. The van der Waals surface area contributed by atoms with Crippen LogP contribution in [0.25, 0.3) is 0 Å². The molecular weight excluding hydrogens is 258 g/mol. The summed E-state index contributed by atoms with van der Waals surface area (Å²) in [5, 5.41) is 0. The molecule has 0 saturated carbocycles. The molecule has 1 heterocycles. The summed E-state index contributed by atoms with van der Waals surface area (Å²) in [6, 6.07) is -0.169. The summed E-state index contributed by atoms with van der Waals surface area (Å²) in [5.74, 6) is -0.732. The molecule has 0 aromatic carbocycles. The van der Waals surface area contributed by atoms with Crippen LogP contribution in [0.3, 0.4) is 0 Å². The lowest BCUT2D eigenvalue weighted by molar-refractivity contribution is -0.145. The van der Waals surface area contributed by atoms with Gasteiger partial charge in [-0.2, -0.15) is 0 Å². The topological polar surface area (TPSA) is 81.7 Å². The summed E-state index contributed by atoms with van der Waals surface area (Å²) < 4.78 is 35.3. The van der Waals surface area contributed by atoms with E-state index in [-0.39, 0.29) is 12.6 Å². The predicted octanol–water partition coefficient (Wildman–Crippen LogP) is 0.427. The van der Waals surface area contributed by atoms with Crippen LogP contribution in [0.1, 0.15) is 33.6 Å². The van der Waals surface area contributed by atoms with Crippen LogP contribution in [-0.4, -0.2) is 45.0 Å². The molecule has 0 bridgehead atoms. The molecule has 0 aromatic rings. The number of sulfonamides is 1. The maximum Gasteiger partial charge on any atom is 0.328 e. The third-order valence-corrected chi connectivity index (χ3v) is 5.14. The van der Waals surface area contributed by atoms with Crippen LogP contribution in [0, 0.1) is 0 Å². The summed E-state index contributed by atoms with van der Waals surface area (Å²) >= 11 is 0. The zero-order chi connectivity index (χ0) is 13.8. The monoisotopic (exact) mass is 279 g/mol. The Morgan fingerprint density at radius 3 is 2.44 bits per heavy atom. The van der Waals surface area contributed by atoms with Crippen molar-refractivity contribution in [1.82, 2.24) is 4.72 Å². The van der Waals surface area contributed by atoms with Crippen molar-refractivity contribution in [3.05, 3.63) is 0 Å². The molecule has 1 N–H and O–H groups in total. The molecule has 106 valence electrons. The first-order valence-electron chi connectivity index (χ1n) is 6.08. The van der Waals surface area contributed by atoms with Gasteiger partial charge in [-0.25, -0.2) is 13.1 Å². The standard InChI is InChI=1S/C11H21NO5S/c1-4-17-10(13)11(2,3)18(14,15)12-9-5-7-16-8-6-9/h9,12H,4-8H2,1-3H3. The van der Waals surface area contributed by atoms with E-state index in [2.05, 4.69) is 4.72 Å². The Morgan fingerprint density at radius 1 is 1.39 bits per heavy atom. The molecule has 0 aromatic heterocycles. The minimum Gasteiger partial charge on any atom is -0.465 e. The van der Waals surface area contributed by atoms with Crippen molar-refractivity contribution in [3.8, 4) is 0 Å². The number of carbonyl (C=O) groups excluding carboxylic acids is 1. The Bertz CT molecular complexity index is 384. The highest BCUT2D eigenvalue weighted by Gasteiger charge is 2.44. The molecule has 0 unspecified atom stereocenters. The van der Waals surface area contributed by atoms with E-state index in [0.29, 0.717) is 26.1 Å². The maximum absolute atomic E-state index is 12.2. The average molecular weight is 279 g/mol. The third kappa shape index (κ3) is 3.43. The highest BCUT2D eigenvalue weighted by atomic mass is 32.2. The van der Waals surface area contributed by atoms with E-state index in [1.54, 1.807) is 6.92 Å². The van der Waals surface area contributed by atoms with Crippen LogP contribution in [-0.2, 0) is 24.3 Å². The third-order valence-electron chi connectivity index (χ3n) is 2.98. The quantitative estimate of drug-likeness (QED) is 0.738. The Labute approximate surface area is 108 Å². The lowest BCUT2D eigenvalue weighted by Gasteiger charge is -2.28. The molecule has 0 radical (unpaired) electrons. The van der Waals surface area contributed by atoms with E-state index in [4.69, 9.17) is 9.47 Å². The van der Waals surface area contributed by atoms with Crippen molar-refractivity contribution in [2.24, 2.45) is 0 Å². The minimum atomic E-state index is -3.76. The van der Waals surface area contributed by atoms with Crippen molar-refractivity contribution in [3.63, 3.8) is 0 Å². The Balaban J connectivity index is 2.74. The van der Waals surface area contributed by atoms with Gasteiger partial charge in [-0.05, 0) is 33.6 Å². The molecule has 1 aliphatic rings. The first-order valence-corrected chi connectivity index (χ1v) is 7.56. The van der Waals surface area contributed by atoms with E-state index in [1.807, 2.05) is 0 Å². The van der Waals surface area contributed by atoms with Gasteiger partial charge >= 0.3 is 5.97 Å². The van der Waals surface area contributed by atoms with Gasteiger partial charge in [0.15, 0.2) is 4.75 Å². The Morgan fingerprint density at radius 2 is 1.94 bits per heavy atom. The van der Waals surface area contributed by atoms with Gasteiger partial charge < -0.3 is 9.47 Å². The molecule has 18 heavy (non-hydrogen) atoms. The normalized spacial score (nSPS) is 18.6. The van der Waals surface area contributed by atoms with Crippen LogP contribution >= 0.6 is 0 Å². The van der Waals surface area contributed by atoms with E-state index in [1.165, 1.54) is 13.8 Å². The van der Waals surface area contributed by atoms with Crippen molar-refractivity contribution in [2.75, 3.05) is 19.8 Å². The van der Waals surface area contributed by atoms with Crippen LogP contribution in [0.15, 0.2) is 0 Å². The number of hydrogen-bond acceptors (Lipinski definition) is 5. The molecular formula is C11H21NO5S. The van der Waals surface area contributed by atoms with Crippen molar-refractivity contribution >= 4 is 16.0 Å². The van der Waals surface area contributed by atoms with Gasteiger partial charge in [0, 0.05) is 19.3 Å². The molecule has 0 spiro atoms. The Hall–Kier alpha value is -0.660. The van der Waals surface area contributed by atoms with Crippen molar-refractivity contribution < 1.29 is 22.7 Å².